The maximum absolute atomic E-state index is 12.5. The van der Waals surface area contributed by atoms with Crippen LogP contribution in [0.5, 0.6) is 0 Å². The van der Waals surface area contributed by atoms with Gasteiger partial charge >= 0.3 is 0 Å². The lowest BCUT2D eigenvalue weighted by Crippen LogP contribution is -2.42. The van der Waals surface area contributed by atoms with Gasteiger partial charge in [-0.05, 0) is 68.7 Å². The molecule has 1 aliphatic heterocycles. The number of amides is 1. The minimum atomic E-state index is 0.246. The average molecular weight is 361 g/mol. The second-order valence-electron chi connectivity index (χ2n) is 7.49. The monoisotopic (exact) mass is 360 g/mol. The summed E-state index contributed by atoms with van der Waals surface area (Å²) in [7, 11) is 1.97. The molecule has 1 aromatic rings. The predicted octanol–water partition coefficient (Wildman–Crippen LogP) is 4.16. The molecule has 1 aromatic carbocycles. The lowest BCUT2D eigenvalue weighted by Gasteiger charge is -2.35. The molecule has 1 atom stereocenters. The van der Waals surface area contributed by atoms with Crippen LogP contribution in [0.4, 0.5) is 0 Å². The van der Waals surface area contributed by atoms with Crippen molar-refractivity contribution in [3.8, 4) is 0 Å². The van der Waals surface area contributed by atoms with Gasteiger partial charge in [-0.25, -0.2) is 0 Å². The lowest BCUT2D eigenvalue weighted by atomic mass is 9.96. The Hall–Kier alpha value is -1.32. The third-order valence-corrected chi connectivity index (χ3v) is 5.68. The van der Waals surface area contributed by atoms with Crippen molar-refractivity contribution in [3.05, 3.63) is 46.5 Å². The van der Waals surface area contributed by atoms with Crippen molar-refractivity contribution in [2.24, 2.45) is 5.92 Å². The highest BCUT2D eigenvalue weighted by Gasteiger charge is 2.24. The fourth-order valence-electron chi connectivity index (χ4n) is 4.02. The summed E-state index contributed by atoms with van der Waals surface area (Å²) < 4.78 is 0. The zero-order chi connectivity index (χ0) is 17.6. The number of rotatable bonds is 6. The molecular formula is C21H29ClN2O. The predicted molar refractivity (Wildman–Crippen MR) is 104 cm³/mol. The summed E-state index contributed by atoms with van der Waals surface area (Å²) in [5.41, 5.74) is 2.37. The number of piperidine rings is 1. The molecule has 3 nitrogen and oxygen atoms in total. The van der Waals surface area contributed by atoms with Crippen LogP contribution in [0.1, 0.15) is 37.7 Å². The van der Waals surface area contributed by atoms with Gasteiger partial charge < -0.3 is 9.80 Å². The van der Waals surface area contributed by atoms with Gasteiger partial charge in [0.1, 0.15) is 0 Å². The molecule has 0 spiro atoms. The molecule has 4 heteroatoms. The molecule has 1 saturated heterocycles. The number of hydrogen-bond donors (Lipinski definition) is 0. The Morgan fingerprint density at radius 1 is 1.28 bits per heavy atom. The molecule has 3 rings (SSSR count). The molecule has 1 amide bonds. The number of likely N-dealkylation sites (tertiary alicyclic amines) is 1. The molecule has 1 heterocycles. The van der Waals surface area contributed by atoms with E-state index in [2.05, 4.69) is 23.1 Å². The molecular weight excluding hydrogens is 332 g/mol. The molecule has 0 radical (unpaired) electrons. The standard InChI is InChI=1S/C21H29ClN2O/c1-23(21(25)19-6-2-3-7-19)15-18-5-4-13-24(16-18)14-12-17-8-10-20(22)11-9-17/h6,8-11,18H,2-5,7,12-16H2,1H3/t18-/m0/s1. The third-order valence-electron chi connectivity index (χ3n) is 5.43. The van der Waals surface area contributed by atoms with Crippen LogP contribution in [0.3, 0.4) is 0 Å². The second-order valence-corrected chi connectivity index (χ2v) is 7.93. The molecule has 0 saturated carbocycles. The van der Waals surface area contributed by atoms with Crippen molar-refractivity contribution in [2.75, 3.05) is 33.2 Å². The summed E-state index contributed by atoms with van der Waals surface area (Å²) in [6.07, 6.45) is 8.81. The van der Waals surface area contributed by atoms with Gasteiger partial charge in [0.15, 0.2) is 0 Å². The summed E-state index contributed by atoms with van der Waals surface area (Å²) in [6, 6.07) is 8.17. The number of benzene rings is 1. The number of carbonyl (C=O) groups excluding carboxylic acids is 1. The minimum Gasteiger partial charge on any atom is -0.342 e. The van der Waals surface area contributed by atoms with Crippen LogP contribution in [0.15, 0.2) is 35.9 Å². The van der Waals surface area contributed by atoms with Gasteiger partial charge in [-0.1, -0.05) is 29.8 Å². The molecule has 0 aromatic heterocycles. The summed E-state index contributed by atoms with van der Waals surface area (Å²) >= 11 is 5.95. The van der Waals surface area contributed by atoms with Crippen molar-refractivity contribution in [3.63, 3.8) is 0 Å². The first-order valence-corrected chi connectivity index (χ1v) is 9.91. The highest BCUT2D eigenvalue weighted by molar-refractivity contribution is 6.30. The normalized spacial score (nSPS) is 21.2. The summed E-state index contributed by atoms with van der Waals surface area (Å²) in [5, 5.41) is 0.798. The van der Waals surface area contributed by atoms with Crippen LogP contribution in [0.2, 0.25) is 5.02 Å². The first-order chi connectivity index (χ1) is 12.1. The molecule has 136 valence electrons. The Kier molecular flexibility index (Phi) is 6.55. The van der Waals surface area contributed by atoms with Crippen LogP contribution in [-0.4, -0.2) is 48.9 Å². The van der Waals surface area contributed by atoms with Crippen LogP contribution in [-0.2, 0) is 11.2 Å². The number of allylic oxidation sites excluding steroid dienone is 1. The Morgan fingerprint density at radius 2 is 2.08 bits per heavy atom. The number of likely N-dealkylation sites (N-methyl/N-ethyl adjacent to an activating group) is 1. The number of nitrogens with zero attached hydrogens (tertiary/aromatic N) is 2. The molecule has 0 bridgehead atoms. The van der Waals surface area contributed by atoms with Crippen molar-refractivity contribution in [1.82, 2.24) is 9.80 Å². The first kappa shape index (κ1) is 18.5. The molecule has 2 aliphatic rings. The Balaban J connectivity index is 1.45. The highest BCUT2D eigenvalue weighted by atomic mass is 35.5. The molecule has 1 fully saturated rings. The number of carbonyl (C=O) groups is 1. The van der Waals surface area contributed by atoms with E-state index >= 15 is 0 Å². The van der Waals surface area contributed by atoms with E-state index in [1.807, 2.05) is 24.1 Å². The fourth-order valence-corrected chi connectivity index (χ4v) is 4.15. The molecule has 25 heavy (non-hydrogen) atoms. The van der Waals surface area contributed by atoms with Gasteiger partial charge in [-0.2, -0.15) is 0 Å². The molecule has 1 aliphatic carbocycles. The number of halogens is 1. The Bertz CT molecular complexity index is 611. The zero-order valence-electron chi connectivity index (χ0n) is 15.2. The Labute approximate surface area is 156 Å². The van der Waals surface area contributed by atoms with Crippen LogP contribution >= 0.6 is 11.6 Å². The maximum Gasteiger partial charge on any atom is 0.249 e. The fraction of sp³-hybridized carbons (Fsp3) is 0.571. The quantitative estimate of drug-likeness (QED) is 0.760. The van der Waals surface area contributed by atoms with E-state index in [0.717, 1.165) is 55.9 Å². The van der Waals surface area contributed by atoms with Crippen molar-refractivity contribution >= 4 is 17.5 Å². The van der Waals surface area contributed by atoms with Gasteiger partial charge in [-0.15, -0.1) is 0 Å². The highest BCUT2D eigenvalue weighted by Crippen LogP contribution is 2.22. The third kappa shape index (κ3) is 5.32. The summed E-state index contributed by atoms with van der Waals surface area (Å²) in [4.78, 5) is 17.0. The van der Waals surface area contributed by atoms with Gasteiger partial charge in [0.25, 0.3) is 0 Å². The summed E-state index contributed by atoms with van der Waals surface area (Å²) in [5.74, 6) is 0.839. The smallest absolute Gasteiger partial charge is 0.249 e. The van der Waals surface area contributed by atoms with E-state index in [9.17, 15) is 4.79 Å². The van der Waals surface area contributed by atoms with Crippen molar-refractivity contribution in [1.29, 1.82) is 0 Å². The van der Waals surface area contributed by atoms with E-state index in [4.69, 9.17) is 11.6 Å². The zero-order valence-corrected chi connectivity index (χ0v) is 16.0. The minimum absolute atomic E-state index is 0.246. The van der Waals surface area contributed by atoms with E-state index in [0.29, 0.717) is 5.92 Å². The van der Waals surface area contributed by atoms with E-state index < -0.39 is 0 Å². The van der Waals surface area contributed by atoms with Crippen molar-refractivity contribution in [2.45, 2.75) is 38.5 Å². The summed E-state index contributed by atoms with van der Waals surface area (Å²) in [6.45, 7) is 4.24. The van der Waals surface area contributed by atoms with Crippen molar-refractivity contribution < 1.29 is 4.79 Å². The molecule has 0 unspecified atom stereocenters. The Morgan fingerprint density at radius 3 is 2.80 bits per heavy atom. The van der Waals surface area contributed by atoms with Gasteiger partial charge in [0.2, 0.25) is 5.91 Å². The van der Waals surface area contributed by atoms with E-state index in [-0.39, 0.29) is 5.91 Å². The average Bonchev–Trinajstić information content (AvgIpc) is 3.15. The second kappa shape index (κ2) is 8.86. The van der Waals surface area contributed by atoms with Gasteiger partial charge in [0, 0.05) is 37.3 Å². The van der Waals surface area contributed by atoms with Crippen LogP contribution in [0.25, 0.3) is 0 Å². The lowest BCUT2D eigenvalue weighted by molar-refractivity contribution is -0.126. The number of hydrogen-bond acceptors (Lipinski definition) is 2. The SMILES string of the molecule is CN(C[C@@H]1CCCN(CCc2ccc(Cl)cc2)C1)C(=O)C1=CCCC1. The van der Waals surface area contributed by atoms with Crippen LogP contribution < -0.4 is 0 Å². The molecule has 0 N–H and O–H groups in total. The largest absolute Gasteiger partial charge is 0.342 e. The topological polar surface area (TPSA) is 23.6 Å². The van der Waals surface area contributed by atoms with E-state index in [1.165, 1.54) is 24.9 Å². The van der Waals surface area contributed by atoms with E-state index in [1.54, 1.807) is 0 Å². The van der Waals surface area contributed by atoms with Gasteiger partial charge in [-0.3, -0.25) is 4.79 Å². The first-order valence-electron chi connectivity index (χ1n) is 9.53. The van der Waals surface area contributed by atoms with Crippen LogP contribution in [0, 0.1) is 5.92 Å². The maximum atomic E-state index is 12.5. The van der Waals surface area contributed by atoms with Gasteiger partial charge in [0.05, 0.1) is 0 Å².